The predicted octanol–water partition coefficient (Wildman–Crippen LogP) is 5.33. The van der Waals surface area contributed by atoms with Crippen molar-refractivity contribution in [3.63, 3.8) is 0 Å². The van der Waals surface area contributed by atoms with Crippen LogP contribution in [0.25, 0.3) is 0 Å². The Morgan fingerprint density at radius 2 is 1.81 bits per heavy atom. The number of halogens is 3. The van der Waals surface area contributed by atoms with E-state index in [4.69, 9.17) is 27.9 Å². The topological polar surface area (TPSA) is 75.6 Å². The normalized spacial score (nSPS) is 19.8. The molecule has 0 atom stereocenters. The molecule has 140 valence electrons. The number of nitrogens with one attached hydrogen (secondary N) is 1. The summed E-state index contributed by atoms with van der Waals surface area (Å²) in [7, 11) is -3.87. The van der Waals surface area contributed by atoms with Gasteiger partial charge in [-0.2, -0.15) is 0 Å². The molecule has 2 aromatic rings. The molecule has 0 radical (unpaired) electrons. The van der Waals surface area contributed by atoms with E-state index in [0.717, 1.165) is 12.8 Å². The average molecular weight is 481 g/mol. The van der Waals surface area contributed by atoms with Gasteiger partial charge in [-0.1, -0.05) is 46.1 Å². The molecule has 1 saturated carbocycles. The van der Waals surface area contributed by atoms with Crippen molar-refractivity contribution >= 4 is 49.2 Å². The molecule has 0 saturated heterocycles. The molecular weight excluding hydrogens is 465 g/mol. The summed E-state index contributed by atoms with van der Waals surface area (Å²) in [6, 6.07) is 7.05. The molecule has 0 bridgehead atoms. The number of aromatic hydroxyl groups is 1. The van der Waals surface area contributed by atoms with Crippen LogP contribution in [-0.4, -0.2) is 19.6 Å². The number of rotatable bonds is 5. The third-order valence-electron chi connectivity index (χ3n) is 4.10. The molecule has 3 rings (SSSR count). The van der Waals surface area contributed by atoms with Gasteiger partial charge in [0.25, 0.3) is 0 Å². The maximum absolute atomic E-state index is 12.6. The molecule has 0 aliphatic heterocycles. The van der Waals surface area contributed by atoms with Gasteiger partial charge in [0.1, 0.15) is 16.4 Å². The van der Waals surface area contributed by atoms with Gasteiger partial charge in [-0.15, -0.1) is 0 Å². The molecule has 0 aromatic heterocycles. The van der Waals surface area contributed by atoms with E-state index in [1.807, 2.05) is 0 Å². The average Bonchev–Trinajstić information content (AvgIpc) is 2.50. The first-order valence-corrected chi connectivity index (χ1v) is 10.9. The molecule has 0 heterocycles. The Hall–Kier alpha value is -0.990. The first-order chi connectivity index (χ1) is 12.2. The fourth-order valence-corrected chi connectivity index (χ4v) is 5.46. The van der Waals surface area contributed by atoms with E-state index in [1.54, 1.807) is 12.1 Å². The van der Waals surface area contributed by atoms with E-state index in [2.05, 4.69) is 27.6 Å². The zero-order valence-electron chi connectivity index (χ0n) is 13.7. The Morgan fingerprint density at radius 1 is 1.19 bits per heavy atom. The van der Waals surface area contributed by atoms with Crippen LogP contribution in [-0.2, 0) is 10.0 Å². The van der Waals surface area contributed by atoms with Gasteiger partial charge in [-0.25, -0.2) is 13.1 Å². The van der Waals surface area contributed by atoms with Crippen molar-refractivity contribution in [2.24, 2.45) is 5.92 Å². The fraction of sp³-hybridized carbons (Fsp3) is 0.294. The smallest absolute Gasteiger partial charge is 0.244 e. The lowest BCUT2D eigenvalue weighted by Crippen LogP contribution is -2.43. The van der Waals surface area contributed by atoms with Crippen LogP contribution in [0, 0.1) is 5.92 Å². The SMILES string of the molecule is C[C@H]1C[C@H](NS(=O)(=O)c2cc(Oc3c(Cl)cc(Br)cc3Cl)ccc2O)C1. The van der Waals surface area contributed by atoms with Gasteiger partial charge in [0.15, 0.2) is 5.75 Å². The largest absolute Gasteiger partial charge is 0.507 e. The number of phenolic OH excluding ortho intramolecular Hbond substituents is 1. The Labute approximate surface area is 170 Å². The Balaban J connectivity index is 1.88. The number of ether oxygens (including phenoxy) is 1. The second kappa shape index (κ2) is 7.56. The van der Waals surface area contributed by atoms with Crippen LogP contribution < -0.4 is 9.46 Å². The van der Waals surface area contributed by atoms with Gasteiger partial charge in [0.05, 0.1) is 10.0 Å². The van der Waals surface area contributed by atoms with E-state index in [1.165, 1.54) is 18.2 Å². The quantitative estimate of drug-likeness (QED) is 0.606. The minimum absolute atomic E-state index is 0.116. The number of benzene rings is 2. The van der Waals surface area contributed by atoms with Crippen LogP contribution in [0.15, 0.2) is 39.7 Å². The Bertz CT molecular complexity index is 923. The number of phenols is 1. The second-order valence-corrected chi connectivity index (χ2v) is 9.74. The summed E-state index contributed by atoms with van der Waals surface area (Å²) in [5.74, 6) is 0.528. The third kappa shape index (κ3) is 4.28. The molecule has 1 aliphatic rings. The van der Waals surface area contributed by atoms with Gasteiger partial charge in [-0.3, -0.25) is 0 Å². The van der Waals surface area contributed by atoms with Gasteiger partial charge in [-0.05, 0) is 43.0 Å². The zero-order valence-corrected chi connectivity index (χ0v) is 17.6. The lowest BCUT2D eigenvalue weighted by Gasteiger charge is -2.32. The predicted molar refractivity (Wildman–Crippen MR) is 105 cm³/mol. The van der Waals surface area contributed by atoms with Crippen molar-refractivity contribution in [3.05, 3.63) is 44.8 Å². The highest BCUT2D eigenvalue weighted by Gasteiger charge is 2.31. The van der Waals surface area contributed by atoms with Crippen molar-refractivity contribution in [1.29, 1.82) is 0 Å². The first-order valence-electron chi connectivity index (χ1n) is 7.83. The van der Waals surface area contributed by atoms with Crippen molar-refractivity contribution < 1.29 is 18.3 Å². The minimum atomic E-state index is -3.87. The molecule has 1 aliphatic carbocycles. The van der Waals surface area contributed by atoms with Gasteiger partial charge < -0.3 is 9.84 Å². The maximum Gasteiger partial charge on any atom is 0.244 e. The fourth-order valence-electron chi connectivity index (χ4n) is 2.80. The van der Waals surface area contributed by atoms with E-state index < -0.39 is 10.0 Å². The molecule has 5 nitrogen and oxygen atoms in total. The summed E-state index contributed by atoms with van der Waals surface area (Å²) >= 11 is 15.5. The van der Waals surface area contributed by atoms with Crippen LogP contribution in [0.4, 0.5) is 0 Å². The van der Waals surface area contributed by atoms with Crippen LogP contribution in [0.3, 0.4) is 0 Å². The highest BCUT2D eigenvalue weighted by molar-refractivity contribution is 9.10. The lowest BCUT2D eigenvalue weighted by molar-refractivity contribution is 0.270. The molecule has 9 heteroatoms. The van der Waals surface area contributed by atoms with Crippen LogP contribution in [0.5, 0.6) is 17.2 Å². The molecule has 0 unspecified atom stereocenters. The van der Waals surface area contributed by atoms with Crippen LogP contribution >= 0.6 is 39.1 Å². The van der Waals surface area contributed by atoms with E-state index in [0.29, 0.717) is 10.4 Å². The second-order valence-electron chi connectivity index (χ2n) is 6.32. The van der Waals surface area contributed by atoms with E-state index in [9.17, 15) is 13.5 Å². The third-order valence-corrected chi connectivity index (χ3v) is 6.67. The maximum atomic E-state index is 12.6. The number of hydrogen-bond acceptors (Lipinski definition) is 4. The Morgan fingerprint density at radius 3 is 2.38 bits per heavy atom. The van der Waals surface area contributed by atoms with E-state index >= 15 is 0 Å². The summed E-state index contributed by atoms with van der Waals surface area (Å²) in [5, 5.41) is 10.5. The molecule has 0 spiro atoms. The van der Waals surface area contributed by atoms with Crippen molar-refractivity contribution in [1.82, 2.24) is 4.72 Å². The number of hydrogen-bond donors (Lipinski definition) is 2. The van der Waals surface area contributed by atoms with Crippen LogP contribution in [0.1, 0.15) is 19.8 Å². The monoisotopic (exact) mass is 479 g/mol. The van der Waals surface area contributed by atoms with E-state index in [-0.39, 0.29) is 38.2 Å². The lowest BCUT2D eigenvalue weighted by atomic mass is 9.83. The molecule has 1 fully saturated rings. The summed E-state index contributed by atoms with van der Waals surface area (Å²) in [6.45, 7) is 2.06. The van der Waals surface area contributed by atoms with Crippen molar-refractivity contribution in [3.8, 4) is 17.2 Å². The standard InChI is InChI=1S/C17H16BrCl2NO4S/c1-9-4-11(5-9)21-26(23,24)16-8-12(2-3-15(16)22)25-17-13(19)6-10(18)7-14(17)20/h2-3,6-9,11,21-22H,4-5H2,1H3/t9-,11-. The van der Waals surface area contributed by atoms with Crippen molar-refractivity contribution in [2.75, 3.05) is 0 Å². The first kappa shape index (κ1) is 19.8. The van der Waals surface area contributed by atoms with Crippen molar-refractivity contribution in [2.45, 2.75) is 30.7 Å². The summed E-state index contributed by atoms with van der Waals surface area (Å²) < 4.78 is 34.1. The van der Waals surface area contributed by atoms with Gasteiger partial charge in [0.2, 0.25) is 10.0 Å². The molecule has 2 aromatic carbocycles. The minimum Gasteiger partial charge on any atom is -0.507 e. The molecule has 2 N–H and O–H groups in total. The molecule has 0 amide bonds. The molecular formula is C17H16BrCl2NO4S. The highest BCUT2D eigenvalue weighted by atomic mass is 79.9. The Kier molecular flexibility index (Phi) is 5.75. The highest BCUT2D eigenvalue weighted by Crippen LogP contribution is 2.40. The zero-order chi connectivity index (χ0) is 19.1. The van der Waals surface area contributed by atoms with Gasteiger partial charge >= 0.3 is 0 Å². The summed E-state index contributed by atoms with van der Waals surface area (Å²) in [4.78, 5) is -0.251. The summed E-state index contributed by atoms with van der Waals surface area (Å²) in [5.41, 5.74) is 0. The number of sulfonamides is 1. The van der Waals surface area contributed by atoms with Gasteiger partial charge in [0, 0.05) is 16.6 Å². The summed E-state index contributed by atoms with van der Waals surface area (Å²) in [6.07, 6.45) is 1.56. The van der Waals surface area contributed by atoms with Crippen LogP contribution in [0.2, 0.25) is 10.0 Å². The molecule has 26 heavy (non-hydrogen) atoms.